The number of halogens is 1. The van der Waals surface area contributed by atoms with Crippen molar-refractivity contribution in [1.82, 2.24) is 6.15 Å². The number of aryl methyl sites for hydroxylation is 1. The summed E-state index contributed by atoms with van der Waals surface area (Å²) in [6.45, 7) is 9.06. The first kappa shape index (κ1) is 16.0. The number of carbonyl (C=O) groups is 1. The fourth-order valence-electron chi connectivity index (χ4n) is 3.14. The molecule has 1 fully saturated rings. The van der Waals surface area contributed by atoms with Crippen molar-refractivity contribution in [2.75, 3.05) is 6.61 Å². The third-order valence-electron chi connectivity index (χ3n) is 4.08. The van der Waals surface area contributed by atoms with Crippen LogP contribution in [0.2, 0.25) is 0 Å². The molecule has 3 rings (SSSR count). The highest BCUT2D eigenvalue weighted by molar-refractivity contribution is 6.61. The monoisotopic (exact) mass is 283 g/mol. The lowest BCUT2D eigenvalue weighted by Crippen LogP contribution is -1.96. The van der Waals surface area contributed by atoms with Gasteiger partial charge in [-0.25, -0.2) is 4.79 Å². The van der Waals surface area contributed by atoms with Crippen LogP contribution in [0.15, 0.2) is 18.2 Å². The lowest BCUT2D eigenvalue weighted by atomic mass is 9.95. The zero-order valence-corrected chi connectivity index (χ0v) is 12.8. The Labute approximate surface area is 119 Å². The SMILES string of the molecule is CCOC(=O)Cl.Cc1ccc2cc1C1C2C1(C)C.N. The van der Waals surface area contributed by atoms with Crippen molar-refractivity contribution in [2.24, 2.45) is 5.41 Å². The molecule has 1 aromatic carbocycles. The third-order valence-corrected chi connectivity index (χ3v) is 4.19. The summed E-state index contributed by atoms with van der Waals surface area (Å²) in [7, 11) is 0. The first-order chi connectivity index (χ1) is 8.39. The average molecular weight is 284 g/mol. The van der Waals surface area contributed by atoms with E-state index in [1.165, 1.54) is 5.56 Å². The van der Waals surface area contributed by atoms with Crippen molar-refractivity contribution in [3.63, 3.8) is 0 Å². The molecule has 2 aliphatic carbocycles. The maximum absolute atomic E-state index is 9.59. The van der Waals surface area contributed by atoms with Gasteiger partial charge in [0.25, 0.3) is 0 Å². The minimum absolute atomic E-state index is 0. The van der Waals surface area contributed by atoms with E-state index < -0.39 is 5.43 Å². The second-order valence-corrected chi connectivity index (χ2v) is 5.87. The molecule has 4 heteroatoms. The van der Waals surface area contributed by atoms with E-state index in [0.29, 0.717) is 12.0 Å². The van der Waals surface area contributed by atoms with Gasteiger partial charge in [0.2, 0.25) is 0 Å². The van der Waals surface area contributed by atoms with Crippen molar-refractivity contribution in [3.05, 3.63) is 34.9 Å². The summed E-state index contributed by atoms with van der Waals surface area (Å²) in [6.07, 6.45) is 0. The minimum Gasteiger partial charge on any atom is -0.454 e. The second kappa shape index (κ2) is 5.51. The molecular formula is C15H22ClNO2. The highest BCUT2D eigenvalue weighted by atomic mass is 35.5. The number of hydrogen-bond acceptors (Lipinski definition) is 3. The standard InChI is InChI=1S/C12H14.C3H5ClO2.H3N/c1-7-4-5-8-6-9(7)11-10(8)12(11,2)3;1-2-6-3(4)5;/h4-6,10-11H,1-3H3;2H2,1H3;1H3. The Balaban J connectivity index is 0.000000227. The van der Waals surface area contributed by atoms with E-state index in [1.807, 2.05) is 0 Å². The van der Waals surface area contributed by atoms with Gasteiger partial charge in [-0.1, -0.05) is 32.0 Å². The maximum atomic E-state index is 9.59. The van der Waals surface area contributed by atoms with Gasteiger partial charge in [-0.15, -0.1) is 0 Å². The van der Waals surface area contributed by atoms with Crippen LogP contribution in [0.25, 0.3) is 0 Å². The molecule has 106 valence electrons. The van der Waals surface area contributed by atoms with Gasteiger partial charge in [0.1, 0.15) is 0 Å². The normalized spacial score (nSPS) is 23.4. The summed E-state index contributed by atoms with van der Waals surface area (Å²) in [5, 5.41) is 0. The van der Waals surface area contributed by atoms with Crippen LogP contribution < -0.4 is 6.15 Å². The van der Waals surface area contributed by atoms with Crippen LogP contribution in [-0.2, 0) is 4.74 Å². The van der Waals surface area contributed by atoms with Crippen LogP contribution in [0.5, 0.6) is 0 Å². The average Bonchev–Trinajstić information content (AvgIpc) is 2.68. The van der Waals surface area contributed by atoms with Crippen molar-refractivity contribution >= 4 is 17.0 Å². The Kier molecular flexibility index (Phi) is 4.64. The predicted octanol–water partition coefficient (Wildman–Crippen LogP) is 4.76. The van der Waals surface area contributed by atoms with Gasteiger partial charge < -0.3 is 10.9 Å². The number of carbonyl (C=O) groups excluding carboxylic acids is 1. The minimum atomic E-state index is -0.738. The predicted molar refractivity (Wildman–Crippen MR) is 78.3 cm³/mol. The molecule has 1 saturated carbocycles. The Hall–Kier alpha value is -1.06. The van der Waals surface area contributed by atoms with Crippen molar-refractivity contribution < 1.29 is 9.53 Å². The fraction of sp³-hybridized carbons (Fsp3) is 0.533. The number of benzene rings is 1. The summed E-state index contributed by atoms with van der Waals surface area (Å²) in [4.78, 5) is 9.59. The van der Waals surface area contributed by atoms with Gasteiger partial charge in [-0.3, -0.25) is 0 Å². The molecule has 0 aromatic heterocycles. The molecule has 19 heavy (non-hydrogen) atoms. The van der Waals surface area contributed by atoms with E-state index >= 15 is 0 Å². The van der Waals surface area contributed by atoms with E-state index in [9.17, 15) is 4.79 Å². The molecule has 2 unspecified atom stereocenters. The van der Waals surface area contributed by atoms with E-state index in [2.05, 4.69) is 43.7 Å². The summed E-state index contributed by atoms with van der Waals surface area (Å²) < 4.78 is 4.17. The summed E-state index contributed by atoms with van der Waals surface area (Å²) in [5.74, 6) is 1.70. The van der Waals surface area contributed by atoms with Gasteiger partial charge in [0.15, 0.2) is 0 Å². The van der Waals surface area contributed by atoms with E-state index in [1.54, 1.807) is 18.1 Å². The van der Waals surface area contributed by atoms with Crippen LogP contribution >= 0.6 is 11.6 Å². The summed E-state index contributed by atoms with van der Waals surface area (Å²) >= 11 is 4.72. The van der Waals surface area contributed by atoms with Gasteiger partial charge in [0, 0.05) is 11.6 Å². The van der Waals surface area contributed by atoms with E-state index in [4.69, 9.17) is 11.6 Å². The molecule has 1 aromatic rings. The van der Waals surface area contributed by atoms with Gasteiger partial charge in [0.05, 0.1) is 6.61 Å². The van der Waals surface area contributed by atoms with Crippen molar-refractivity contribution in [2.45, 2.75) is 39.5 Å². The molecule has 0 amide bonds. The Morgan fingerprint density at radius 3 is 2.47 bits per heavy atom. The molecule has 2 aliphatic rings. The van der Waals surface area contributed by atoms with Crippen LogP contribution in [0.1, 0.15) is 49.3 Å². The largest absolute Gasteiger partial charge is 0.454 e. The quantitative estimate of drug-likeness (QED) is 0.756. The summed E-state index contributed by atoms with van der Waals surface area (Å²) in [6, 6.07) is 6.97. The van der Waals surface area contributed by atoms with Crippen LogP contribution in [-0.4, -0.2) is 12.0 Å². The zero-order chi connectivity index (χ0) is 13.5. The molecule has 0 spiro atoms. The number of ether oxygens (including phenoxy) is 1. The van der Waals surface area contributed by atoms with E-state index in [-0.39, 0.29) is 6.15 Å². The molecule has 3 N–H and O–H groups in total. The Morgan fingerprint density at radius 2 is 2.00 bits per heavy atom. The molecule has 0 radical (unpaired) electrons. The zero-order valence-electron chi connectivity index (χ0n) is 12.0. The Morgan fingerprint density at radius 1 is 1.37 bits per heavy atom. The van der Waals surface area contributed by atoms with Crippen LogP contribution in [0.3, 0.4) is 0 Å². The number of fused-ring (bicyclic) bond motifs is 5. The van der Waals surface area contributed by atoms with Crippen molar-refractivity contribution in [3.8, 4) is 0 Å². The highest BCUT2D eigenvalue weighted by Crippen LogP contribution is 2.73. The number of rotatable bonds is 1. The maximum Gasteiger partial charge on any atom is 0.403 e. The third kappa shape index (κ3) is 2.77. The summed E-state index contributed by atoms with van der Waals surface area (Å²) in [5.41, 5.74) is 4.49. The fourth-order valence-corrected chi connectivity index (χ4v) is 3.25. The molecule has 0 aliphatic heterocycles. The first-order valence-corrected chi connectivity index (χ1v) is 6.70. The first-order valence-electron chi connectivity index (χ1n) is 6.32. The van der Waals surface area contributed by atoms with Gasteiger partial charge >= 0.3 is 5.43 Å². The van der Waals surface area contributed by atoms with Crippen LogP contribution in [0, 0.1) is 12.3 Å². The molecule has 2 bridgehead atoms. The Bertz CT molecular complexity index is 485. The lowest BCUT2D eigenvalue weighted by molar-refractivity contribution is 0.180. The van der Waals surface area contributed by atoms with Crippen molar-refractivity contribution in [1.29, 1.82) is 0 Å². The van der Waals surface area contributed by atoms with Gasteiger partial charge in [-0.05, 0) is 47.8 Å². The highest BCUT2D eigenvalue weighted by Gasteiger charge is 2.62. The van der Waals surface area contributed by atoms with E-state index in [0.717, 1.165) is 11.8 Å². The topological polar surface area (TPSA) is 61.3 Å². The molecule has 2 atom stereocenters. The molecule has 0 saturated heterocycles. The molecule has 0 heterocycles. The number of hydrogen-bond donors (Lipinski definition) is 1. The lowest BCUT2D eigenvalue weighted by Gasteiger charge is -2.09. The molecular weight excluding hydrogens is 262 g/mol. The van der Waals surface area contributed by atoms with Gasteiger partial charge in [-0.2, -0.15) is 0 Å². The smallest absolute Gasteiger partial charge is 0.403 e. The van der Waals surface area contributed by atoms with Crippen LogP contribution in [0.4, 0.5) is 4.79 Å². The molecule has 3 nitrogen and oxygen atoms in total. The second-order valence-electron chi connectivity index (χ2n) is 5.56.